The second-order valence-corrected chi connectivity index (χ2v) is 5.05. The standard InChI is InChI=1S/C18H16O/c1-14(19)18(12-5-2-6-13-18)17-11-7-9-15-8-3-4-10-16(15)17/h2-12H,13H2,1H3. The average molecular weight is 248 g/mol. The van der Waals surface area contributed by atoms with E-state index in [9.17, 15) is 4.79 Å². The van der Waals surface area contributed by atoms with Crippen LogP contribution in [0.2, 0.25) is 0 Å². The van der Waals surface area contributed by atoms with E-state index in [1.54, 1.807) is 6.92 Å². The van der Waals surface area contributed by atoms with Crippen molar-refractivity contribution in [1.29, 1.82) is 0 Å². The number of benzene rings is 2. The molecule has 2 aromatic carbocycles. The Labute approximate surface area is 113 Å². The van der Waals surface area contributed by atoms with E-state index in [4.69, 9.17) is 0 Å². The largest absolute Gasteiger partial charge is 0.299 e. The summed E-state index contributed by atoms with van der Waals surface area (Å²) in [5.74, 6) is 0.199. The molecule has 0 saturated heterocycles. The van der Waals surface area contributed by atoms with Crippen molar-refractivity contribution in [1.82, 2.24) is 0 Å². The van der Waals surface area contributed by atoms with Crippen LogP contribution in [0.25, 0.3) is 10.8 Å². The second-order valence-electron chi connectivity index (χ2n) is 5.05. The van der Waals surface area contributed by atoms with Crippen LogP contribution in [0.15, 0.2) is 66.8 Å². The van der Waals surface area contributed by atoms with Crippen molar-refractivity contribution in [2.75, 3.05) is 0 Å². The van der Waals surface area contributed by atoms with Gasteiger partial charge in [-0.25, -0.2) is 0 Å². The molecular weight excluding hydrogens is 232 g/mol. The van der Waals surface area contributed by atoms with Gasteiger partial charge in [-0.2, -0.15) is 0 Å². The molecule has 1 nitrogen and oxygen atoms in total. The fourth-order valence-electron chi connectivity index (χ4n) is 2.89. The van der Waals surface area contributed by atoms with Crippen LogP contribution >= 0.6 is 0 Å². The quantitative estimate of drug-likeness (QED) is 0.779. The number of hydrogen-bond donors (Lipinski definition) is 0. The van der Waals surface area contributed by atoms with Crippen LogP contribution < -0.4 is 0 Å². The third-order valence-electron chi connectivity index (χ3n) is 3.97. The molecule has 94 valence electrons. The molecule has 1 aliphatic carbocycles. The molecule has 0 bridgehead atoms. The van der Waals surface area contributed by atoms with Crippen LogP contribution in [0, 0.1) is 0 Å². The summed E-state index contributed by atoms with van der Waals surface area (Å²) in [6.45, 7) is 1.69. The van der Waals surface area contributed by atoms with Crippen molar-refractivity contribution in [2.45, 2.75) is 18.8 Å². The Hall–Kier alpha value is -2.15. The summed E-state index contributed by atoms with van der Waals surface area (Å²) in [6.07, 6.45) is 8.84. The lowest BCUT2D eigenvalue weighted by Gasteiger charge is -2.30. The summed E-state index contributed by atoms with van der Waals surface area (Å²) in [4.78, 5) is 12.3. The van der Waals surface area contributed by atoms with Gasteiger partial charge in [-0.1, -0.05) is 66.8 Å². The highest BCUT2D eigenvalue weighted by molar-refractivity contribution is 5.97. The lowest BCUT2D eigenvalue weighted by Crippen LogP contribution is -2.32. The lowest BCUT2D eigenvalue weighted by atomic mass is 9.71. The van der Waals surface area contributed by atoms with Gasteiger partial charge in [-0.05, 0) is 29.7 Å². The van der Waals surface area contributed by atoms with Crippen molar-refractivity contribution in [3.05, 3.63) is 72.3 Å². The predicted octanol–water partition coefficient (Wildman–Crippen LogP) is 4.18. The highest BCUT2D eigenvalue weighted by Crippen LogP contribution is 2.37. The van der Waals surface area contributed by atoms with E-state index in [0.717, 1.165) is 12.0 Å². The first-order chi connectivity index (χ1) is 9.24. The molecule has 1 aliphatic rings. The van der Waals surface area contributed by atoms with Crippen LogP contribution in [0.3, 0.4) is 0 Å². The first-order valence-electron chi connectivity index (χ1n) is 6.58. The minimum absolute atomic E-state index is 0.199. The molecule has 0 aliphatic heterocycles. The Morgan fingerprint density at radius 2 is 1.84 bits per heavy atom. The summed E-state index contributed by atoms with van der Waals surface area (Å²) < 4.78 is 0. The first kappa shape index (κ1) is 11.9. The molecule has 1 heteroatoms. The van der Waals surface area contributed by atoms with Crippen molar-refractivity contribution in [2.24, 2.45) is 0 Å². The Balaban J connectivity index is 2.30. The van der Waals surface area contributed by atoms with E-state index in [1.807, 2.05) is 36.4 Å². The van der Waals surface area contributed by atoms with Gasteiger partial charge in [0.2, 0.25) is 0 Å². The number of hydrogen-bond acceptors (Lipinski definition) is 1. The highest BCUT2D eigenvalue weighted by Gasteiger charge is 2.35. The number of carbonyl (C=O) groups is 1. The van der Waals surface area contributed by atoms with Crippen LogP contribution in [-0.2, 0) is 10.2 Å². The molecule has 19 heavy (non-hydrogen) atoms. The van der Waals surface area contributed by atoms with Gasteiger partial charge in [0.15, 0.2) is 0 Å². The summed E-state index contributed by atoms with van der Waals surface area (Å²) in [7, 11) is 0. The topological polar surface area (TPSA) is 17.1 Å². The molecule has 0 radical (unpaired) electrons. The van der Waals surface area contributed by atoms with E-state index in [0.29, 0.717) is 0 Å². The van der Waals surface area contributed by atoms with Crippen LogP contribution in [-0.4, -0.2) is 5.78 Å². The summed E-state index contributed by atoms with van der Waals surface area (Å²) in [5.41, 5.74) is 0.606. The number of fused-ring (bicyclic) bond motifs is 1. The SMILES string of the molecule is CC(=O)C1(c2cccc3ccccc23)C=CC=CC1. The summed E-state index contributed by atoms with van der Waals surface area (Å²) in [6, 6.07) is 14.5. The van der Waals surface area contributed by atoms with Crippen molar-refractivity contribution in [3.63, 3.8) is 0 Å². The van der Waals surface area contributed by atoms with Crippen LogP contribution in [0.5, 0.6) is 0 Å². The van der Waals surface area contributed by atoms with Gasteiger partial charge in [0.25, 0.3) is 0 Å². The molecule has 0 aromatic heterocycles. The zero-order chi connectivity index (χ0) is 13.3. The van der Waals surface area contributed by atoms with Gasteiger partial charge in [0.05, 0.1) is 5.41 Å². The maximum atomic E-state index is 12.3. The first-order valence-corrected chi connectivity index (χ1v) is 6.58. The smallest absolute Gasteiger partial charge is 0.144 e. The van der Waals surface area contributed by atoms with E-state index >= 15 is 0 Å². The fraction of sp³-hybridized carbons (Fsp3) is 0.167. The molecule has 2 aromatic rings. The molecule has 0 heterocycles. The number of rotatable bonds is 2. The third kappa shape index (κ3) is 1.82. The highest BCUT2D eigenvalue weighted by atomic mass is 16.1. The molecule has 1 unspecified atom stereocenters. The Morgan fingerprint density at radius 3 is 2.58 bits per heavy atom. The normalized spacial score (nSPS) is 21.7. The Morgan fingerprint density at radius 1 is 1.05 bits per heavy atom. The van der Waals surface area contributed by atoms with Crippen LogP contribution in [0.4, 0.5) is 0 Å². The molecule has 1 atom stereocenters. The molecule has 0 amide bonds. The van der Waals surface area contributed by atoms with Gasteiger partial charge in [0.1, 0.15) is 5.78 Å². The number of carbonyl (C=O) groups excluding carboxylic acids is 1. The average Bonchev–Trinajstić information content (AvgIpc) is 2.47. The molecule has 0 N–H and O–H groups in total. The van der Waals surface area contributed by atoms with E-state index in [2.05, 4.69) is 30.3 Å². The number of ketones is 1. The van der Waals surface area contributed by atoms with E-state index < -0.39 is 5.41 Å². The van der Waals surface area contributed by atoms with Gasteiger partial charge >= 0.3 is 0 Å². The van der Waals surface area contributed by atoms with E-state index in [1.165, 1.54) is 10.8 Å². The lowest BCUT2D eigenvalue weighted by molar-refractivity contribution is -0.120. The minimum Gasteiger partial charge on any atom is -0.299 e. The van der Waals surface area contributed by atoms with E-state index in [-0.39, 0.29) is 5.78 Å². The molecule has 0 spiro atoms. The molecule has 3 rings (SSSR count). The fourth-order valence-corrected chi connectivity index (χ4v) is 2.89. The van der Waals surface area contributed by atoms with Gasteiger partial charge in [-0.15, -0.1) is 0 Å². The van der Waals surface area contributed by atoms with Gasteiger partial charge in [0, 0.05) is 0 Å². The third-order valence-corrected chi connectivity index (χ3v) is 3.97. The molecular formula is C18H16O. The van der Waals surface area contributed by atoms with Crippen molar-refractivity contribution < 1.29 is 4.79 Å². The van der Waals surface area contributed by atoms with Gasteiger partial charge in [-0.3, -0.25) is 4.79 Å². The zero-order valence-corrected chi connectivity index (χ0v) is 11.0. The monoisotopic (exact) mass is 248 g/mol. The van der Waals surface area contributed by atoms with Crippen molar-refractivity contribution >= 4 is 16.6 Å². The number of allylic oxidation sites excluding steroid dienone is 4. The Kier molecular flexibility index (Phi) is 2.83. The summed E-state index contributed by atoms with van der Waals surface area (Å²) in [5, 5.41) is 2.35. The van der Waals surface area contributed by atoms with Crippen LogP contribution in [0.1, 0.15) is 18.9 Å². The maximum absolute atomic E-state index is 12.3. The van der Waals surface area contributed by atoms with Crippen molar-refractivity contribution in [3.8, 4) is 0 Å². The predicted molar refractivity (Wildman–Crippen MR) is 79.2 cm³/mol. The second kappa shape index (κ2) is 4.51. The zero-order valence-electron chi connectivity index (χ0n) is 11.0. The minimum atomic E-state index is -0.504. The molecule has 0 fully saturated rings. The Bertz CT molecular complexity index is 688. The molecule has 0 saturated carbocycles. The van der Waals surface area contributed by atoms with Gasteiger partial charge < -0.3 is 0 Å². The summed E-state index contributed by atoms with van der Waals surface area (Å²) >= 11 is 0. The number of Topliss-reactive ketones (excluding diaryl/α,β-unsaturated/α-hetero) is 1. The maximum Gasteiger partial charge on any atom is 0.144 e.